The van der Waals surface area contributed by atoms with Crippen molar-refractivity contribution in [2.75, 3.05) is 17.2 Å². The van der Waals surface area contributed by atoms with Crippen molar-refractivity contribution in [3.8, 4) is 0 Å². The number of carbonyl (C=O) groups is 1. The van der Waals surface area contributed by atoms with Crippen LogP contribution in [0, 0.1) is 4.91 Å². The van der Waals surface area contributed by atoms with Crippen LogP contribution in [0.15, 0.2) is 35.6 Å². The smallest absolute Gasteiger partial charge is 0.341 e. The molecule has 6 nitrogen and oxygen atoms in total. The van der Waals surface area contributed by atoms with E-state index in [0.717, 1.165) is 23.6 Å². The van der Waals surface area contributed by atoms with E-state index in [1.165, 1.54) is 6.20 Å². The van der Waals surface area contributed by atoms with Crippen LogP contribution in [0.1, 0.15) is 17.3 Å². The minimum atomic E-state index is -0.243. The summed E-state index contributed by atoms with van der Waals surface area (Å²) in [7, 11) is 0. The van der Waals surface area contributed by atoms with E-state index in [1.54, 1.807) is 12.1 Å². The number of nitrogens with zero attached hydrogens (tertiary/aromatic N) is 1. The molecule has 0 saturated carbocycles. The number of H-pyrrole nitrogens is 1. The molecule has 0 aliphatic rings. The highest BCUT2D eigenvalue weighted by molar-refractivity contribution is 7.18. The summed E-state index contributed by atoms with van der Waals surface area (Å²) in [4.78, 5) is 25.2. The largest absolute Gasteiger partial charge is 0.385 e. The van der Waals surface area contributed by atoms with Gasteiger partial charge in [0, 0.05) is 12.2 Å². The summed E-state index contributed by atoms with van der Waals surface area (Å²) >= 11 is 1.09. The number of nitroso groups, excluding NO2 is 1. The van der Waals surface area contributed by atoms with Gasteiger partial charge in [0.15, 0.2) is 0 Å². The van der Waals surface area contributed by atoms with Crippen LogP contribution in [0.5, 0.6) is 0 Å². The highest BCUT2D eigenvalue weighted by Gasteiger charge is 2.18. The van der Waals surface area contributed by atoms with Gasteiger partial charge in [-0.1, -0.05) is 12.1 Å². The van der Waals surface area contributed by atoms with Crippen LogP contribution in [-0.4, -0.2) is 12.5 Å². The lowest BCUT2D eigenvalue weighted by Crippen LogP contribution is -2.18. The van der Waals surface area contributed by atoms with Gasteiger partial charge in [-0.15, -0.1) is 4.91 Å². The molecule has 1 aromatic heterocycles. The van der Waals surface area contributed by atoms with E-state index < -0.39 is 0 Å². The number of amides is 1. The summed E-state index contributed by atoms with van der Waals surface area (Å²) in [6.07, 6.45) is 1.45. The molecule has 2 aromatic rings. The molecule has 0 saturated heterocycles. The summed E-state index contributed by atoms with van der Waals surface area (Å²) in [5.41, 5.74) is 1.32. The van der Waals surface area contributed by atoms with Crippen LogP contribution >= 0.6 is 11.3 Å². The lowest BCUT2D eigenvalue weighted by Gasteiger charge is -2.06. The Morgan fingerprint density at radius 1 is 1.42 bits per heavy atom. The highest BCUT2D eigenvalue weighted by atomic mass is 32.1. The van der Waals surface area contributed by atoms with E-state index in [9.17, 15) is 9.70 Å². The first kappa shape index (κ1) is 13.2. The number of carbonyl (C=O) groups excluding carboxylic acids is 1. The molecular weight excluding hydrogens is 264 g/mol. The average Bonchev–Trinajstić information content (AvgIpc) is 2.87. The Kier molecular flexibility index (Phi) is 4.19. The SMILES string of the molecule is CCNc1ccccc1C(=O)Nc1[nH+]cc(N=O)s1. The van der Waals surface area contributed by atoms with E-state index in [0.29, 0.717) is 10.7 Å². The number of thiazole rings is 1. The molecule has 2 rings (SSSR count). The van der Waals surface area contributed by atoms with Gasteiger partial charge in [0.1, 0.15) is 6.20 Å². The van der Waals surface area contributed by atoms with Crippen LogP contribution in [0.4, 0.5) is 15.8 Å². The number of nitrogens with one attached hydrogen (secondary N) is 3. The summed E-state index contributed by atoms with van der Waals surface area (Å²) in [6.45, 7) is 2.69. The second kappa shape index (κ2) is 6.05. The van der Waals surface area contributed by atoms with Crippen LogP contribution in [0.25, 0.3) is 0 Å². The van der Waals surface area contributed by atoms with Gasteiger partial charge < -0.3 is 5.32 Å². The Morgan fingerprint density at radius 3 is 2.89 bits per heavy atom. The molecule has 0 bridgehead atoms. The molecule has 1 heterocycles. The first-order valence-corrected chi connectivity index (χ1v) is 6.55. The van der Waals surface area contributed by atoms with Crippen LogP contribution in [-0.2, 0) is 0 Å². The Balaban J connectivity index is 2.17. The van der Waals surface area contributed by atoms with Gasteiger partial charge in [0.25, 0.3) is 0 Å². The predicted octanol–water partition coefficient (Wildman–Crippen LogP) is 2.64. The van der Waals surface area contributed by atoms with Crippen molar-refractivity contribution in [2.45, 2.75) is 6.92 Å². The zero-order valence-corrected chi connectivity index (χ0v) is 11.1. The molecule has 0 atom stereocenters. The molecule has 0 radical (unpaired) electrons. The number of hydrogen-bond donors (Lipinski definition) is 2. The second-order valence-electron chi connectivity index (χ2n) is 3.68. The fraction of sp³-hybridized carbons (Fsp3) is 0.167. The van der Waals surface area contributed by atoms with Crippen LogP contribution in [0.2, 0.25) is 0 Å². The van der Waals surface area contributed by atoms with Crippen molar-refractivity contribution in [3.05, 3.63) is 40.9 Å². The molecule has 98 valence electrons. The van der Waals surface area contributed by atoms with Crippen molar-refractivity contribution in [2.24, 2.45) is 5.18 Å². The van der Waals surface area contributed by atoms with E-state index >= 15 is 0 Å². The third-order valence-corrected chi connectivity index (χ3v) is 3.21. The number of hydrogen-bond acceptors (Lipinski definition) is 5. The molecule has 7 heteroatoms. The van der Waals surface area contributed by atoms with E-state index in [-0.39, 0.29) is 10.9 Å². The van der Waals surface area contributed by atoms with Crippen molar-refractivity contribution >= 4 is 33.1 Å². The predicted molar refractivity (Wildman–Crippen MR) is 74.9 cm³/mol. The number of benzene rings is 1. The Labute approximate surface area is 113 Å². The summed E-state index contributed by atoms with van der Waals surface area (Å²) in [5, 5.41) is 9.38. The molecule has 0 unspecified atom stereocenters. The first-order valence-electron chi connectivity index (χ1n) is 5.73. The Morgan fingerprint density at radius 2 is 2.21 bits per heavy atom. The fourth-order valence-corrected chi connectivity index (χ4v) is 2.22. The number of aromatic nitrogens is 1. The van der Waals surface area contributed by atoms with Gasteiger partial charge in [-0.25, -0.2) is 9.78 Å². The highest BCUT2D eigenvalue weighted by Crippen LogP contribution is 2.23. The Bertz CT molecular complexity index is 597. The molecule has 1 aromatic carbocycles. The fourth-order valence-electron chi connectivity index (χ4n) is 1.59. The average molecular weight is 277 g/mol. The maximum atomic E-state index is 12.1. The minimum Gasteiger partial charge on any atom is -0.385 e. The standard InChI is InChI=1S/C12H12N4O2S/c1-2-13-9-6-4-3-5-8(9)11(17)15-12-14-7-10(16-18)19-12/h3-7,13H,2H2,1H3,(H,14,15,17)/p+1. The minimum absolute atomic E-state index is 0.243. The molecule has 0 spiro atoms. The molecular formula is C12H13N4O2S+. The van der Waals surface area contributed by atoms with Gasteiger partial charge in [0.05, 0.1) is 5.56 Å². The topological polar surface area (TPSA) is 84.7 Å². The first-order chi connectivity index (χ1) is 9.24. The molecule has 1 amide bonds. The Hall–Kier alpha value is -2.28. The lowest BCUT2D eigenvalue weighted by molar-refractivity contribution is -0.353. The normalized spacial score (nSPS) is 9.95. The zero-order valence-electron chi connectivity index (χ0n) is 10.3. The monoisotopic (exact) mass is 277 g/mol. The molecule has 0 aliphatic heterocycles. The third kappa shape index (κ3) is 3.14. The quantitative estimate of drug-likeness (QED) is 0.824. The van der Waals surface area contributed by atoms with Crippen molar-refractivity contribution in [3.63, 3.8) is 0 Å². The van der Waals surface area contributed by atoms with E-state index in [4.69, 9.17) is 0 Å². The summed E-state index contributed by atoms with van der Waals surface area (Å²) < 4.78 is 0. The summed E-state index contributed by atoms with van der Waals surface area (Å²) in [6, 6.07) is 7.24. The number of rotatable bonds is 5. The van der Waals surface area contributed by atoms with Crippen LogP contribution < -0.4 is 15.6 Å². The maximum absolute atomic E-state index is 12.1. The third-order valence-electron chi connectivity index (χ3n) is 2.39. The maximum Gasteiger partial charge on any atom is 0.341 e. The molecule has 0 fully saturated rings. The van der Waals surface area contributed by atoms with Crippen molar-refractivity contribution in [1.82, 2.24) is 0 Å². The van der Waals surface area contributed by atoms with Gasteiger partial charge in [-0.05, 0) is 35.6 Å². The van der Waals surface area contributed by atoms with Gasteiger partial charge in [-0.3, -0.25) is 0 Å². The molecule has 3 N–H and O–H groups in total. The van der Waals surface area contributed by atoms with Gasteiger partial charge >= 0.3 is 11.0 Å². The van der Waals surface area contributed by atoms with Crippen molar-refractivity contribution in [1.29, 1.82) is 0 Å². The number of aromatic amines is 1. The number of para-hydroxylation sites is 1. The zero-order chi connectivity index (χ0) is 13.7. The van der Waals surface area contributed by atoms with Crippen LogP contribution in [0.3, 0.4) is 0 Å². The van der Waals surface area contributed by atoms with E-state index in [2.05, 4.69) is 20.8 Å². The van der Waals surface area contributed by atoms with Gasteiger partial charge in [-0.2, -0.15) is 5.32 Å². The second-order valence-corrected chi connectivity index (χ2v) is 4.71. The molecule has 0 aliphatic carbocycles. The lowest BCUT2D eigenvalue weighted by atomic mass is 10.1. The molecule has 19 heavy (non-hydrogen) atoms. The van der Waals surface area contributed by atoms with Crippen molar-refractivity contribution < 1.29 is 9.78 Å². The number of anilines is 2. The summed E-state index contributed by atoms with van der Waals surface area (Å²) in [5.74, 6) is -0.243. The van der Waals surface area contributed by atoms with Gasteiger partial charge in [0.2, 0.25) is 5.00 Å². The van der Waals surface area contributed by atoms with E-state index in [1.807, 2.05) is 19.1 Å².